The summed E-state index contributed by atoms with van der Waals surface area (Å²) in [5, 5.41) is 0.189. The second kappa shape index (κ2) is 8.31. The Kier molecular flexibility index (Phi) is 5.86. The fourth-order valence-corrected chi connectivity index (χ4v) is 3.59. The van der Waals surface area contributed by atoms with Gasteiger partial charge < -0.3 is 20.1 Å². The molecule has 27 heavy (non-hydrogen) atoms. The third kappa shape index (κ3) is 4.17. The molecule has 1 unspecified atom stereocenters. The minimum absolute atomic E-state index is 0.0364. The summed E-state index contributed by atoms with van der Waals surface area (Å²) in [6.07, 6.45) is 1.86. The van der Waals surface area contributed by atoms with E-state index in [0.29, 0.717) is 12.1 Å². The van der Waals surface area contributed by atoms with E-state index in [4.69, 9.17) is 26.8 Å². The van der Waals surface area contributed by atoms with Gasteiger partial charge in [-0.25, -0.2) is 0 Å². The Hall–Kier alpha value is -2.73. The third-order valence-corrected chi connectivity index (χ3v) is 4.81. The van der Waals surface area contributed by atoms with Crippen molar-refractivity contribution in [1.82, 2.24) is 4.90 Å². The first-order valence-electron chi connectivity index (χ1n) is 8.65. The number of hydrogen-bond donors (Lipinski definition) is 1. The third-order valence-electron chi connectivity index (χ3n) is 4.53. The summed E-state index contributed by atoms with van der Waals surface area (Å²) in [4.78, 5) is 25.9. The highest BCUT2D eigenvalue weighted by Crippen LogP contribution is 2.38. The lowest BCUT2D eigenvalue weighted by atomic mass is 10.0. The van der Waals surface area contributed by atoms with Crippen LogP contribution in [-0.2, 0) is 4.79 Å². The van der Waals surface area contributed by atoms with Crippen molar-refractivity contribution in [3.8, 4) is 11.5 Å². The normalized spacial score (nSPS) is 16.2. The van der Waals surface area contributed by atoms with Crippen molar-refractivity contribution in [2.45, 2.75) is 18.9 Å². The maximum absolute atomic E-state index is 13.1. The van der Waals surface area contributed by atoms with Crippen molar-refractivity contribution < 1.29 is 19.1 Å². The summed E-state index contributed by atoms with van der Waals surface area (Å²) < 4.78 is 10.6. The van der Waals surface area contributed by atoms with Crippen LogP contribution >= 0.6 is 11.6 Å². The van der Waals surface area contributed by atoms with Gasteiger partial charge in [-0.05, 0) is 30.5 Å². The standard InChI is InChI=1S/C20H21ClN2O4/c1-26-17-11-14(10-15(21)19(17)27-12-18(22)24)20(25)23-9-5-8-16(23)13-6-3-2-4-7-13/h2-4,6-7,10-11,16H,5,8-9,12H2,1H3,(H2,22,24). The van der Waals surface area contributed by atoms with E-state index in [1.807, 2.05) is 35.2 Å². The van der Waals surface area contributed by atoms with Crippen LogP contribution in [0.3, 0.4) is 0 Å². The number of primary amides is 1. The molecule has 1 fully saturated rings. The van der Waals surface area contributed by atoms with Crippen LogP contribution < -0.4 is 15.2 Å². The zero-order valence-electron chi connectivity index (χ0n) is 15.0. The monoisotopic (exact) mass is 388 g/mol. The molecule has 2 aromatic rings. The van der Waals surface area contributed by atoms with Gasteiger partial charge in [0.1, 0.15) is 0 Å². The first kappa shape index (κ1) is 19.0. The van der Waals surface area contributed by atoms with E-state index >= 15 is 0 Å². The molecule has 6 nitrogen and oxygen atoms in total. The van der Waals surface area contributed by atoms with Crippen molar-refractivity contribution in [2.24, 2.45) is 5.73 Å². The summed E-state index contributed by atoms with van der Waals surface area (Å²) in [6.45, 7) is 0.351. The van der Waals surface area contributed by atoms with Gasteiger partial charge in [0.15, 0.2) is 18.1 Å². The van der Waals surface area contributed by atoms with Crippen molar-refractivity contribution >= 4 is 23.4 Å². The molecule has 2 N–H and O–H groups in total. The molecule has 3 rings (SSSR count). The molecule has 0 radical (unpaired) electrons. The van der Waals surface area contributed by atoms with Crippen LogP contribution in [0.5, 0.6) is 11.5 Å². The van der Waals surface area contributed by atoms with Crippen molar-refractivity contribution in [2.75, 3.05) is 20.3 Å². The predicted molar refractivity (Wildman–Crippen MR) is 102 cm³/mol. The Bertz CT molecular complexity index is 841. The van der Waals surface area contributed by atoms with Crippen molar-refractivity contribution in [3.63, 3.8) is 0 Å². The molecule has 7 heteroatoms. The Labute approximate surface area is 162 Å². The number of hydrogen-bond acceptors (Lipinski definition) is 4. The minimum Gasteiger partial charge on any atom is -0.493 e. The molecular formula is C20H21ClN2O4. The van der Waals surface area contributed by atoms with Gasteiger partial charge >= 0.3 is 0 Å². The molecule has 1 atom stereocenters. The molecule has 1 saturated heterocycles. The van der Waals surface area contributed by atoms with E-state index in [1.54, 1.807) is 6.07 Å². The van der Waals surface area contributed by atoms with Gasteiger partial charge in [-0.15, -0.1) is 0 Å². The number of nitrogens with two attached hydrogens (primary N) is 1. The Balaban J connectivity index is 1.88. The van der Waals surface area contributed by atoms with Crippen LogP contribution in [0.2, 0.25) is 5.02 Å². The topological polar surface area (TPSA) is 81.9 Å². The van der Waals surface area contributed by atoms with Gasteiger partial charge in [0.25, 0.3) is 11.8 Å². The number of carbonyl (C=O) groups excluding carboxylic acids is 2. The van der Waals surface area contributed by atoms with E-state index < -0.39 is 5.91 Å². The number of amides is 2. The van der Waals surface area contributed by atoms with E-state index in [0.717, 1.165) is 18.4 Å². The Morgan fingerprint density at radius 1 is 1.26 bits per heavy atom. The molecule has 0 aliphatic carbocycles. The number of likely N-dealkylation sites (tertiary alicyclic amines) is 1. The molecule has 0 bridgehead atoms. The fraction of sp³-hybridized carbons (Fsp3) is 0.300. The Morgan fingerprint density at radius 3 is 2.67 bits per heavy atom. The molecule has 2 aromatic carbocycles. The molecule has 0 spiro atoms. The lowest BCUT2D eigenvalue weighted by Crippen LogP contribution is -2.30. The van der Waals surface area contributed by atoms with Crippen LogP contribution in [0.25, 0.3) is 0 Å². The summed E-state index contributed by atoms with van der Waals surface area (Å²) >= 11 is 6.27. The molecule has 1 aliphatic rings. The van der Waals surface area contributed by atoms with Crippen LogP contribution in [-0.4, -0.2) is 37.0 Å². The highest BCUT2D eigenvalue weighted by Gasteiger charge is 2.31. The molecule has 0 saturated carbocycles. The summed E-state index contributed by atoms with van der Waals surface area (Å²) in [6, 6.07) is 13.1. The second-order valence-electron chi connectivity index (χ2n) is 6.31. The van der Waals surface area contributed by atoms with Gasteiger partial charge in [0, 0.05) is 12.1 Å². The van der Waals surface area contributed by atoms with Gasteiger partial charge in [-0.3, -0.25) is 9.59 Å². The second-order valence-corrected chi connectivity index (χ2v) is 6.72. The van der Waals surface area contributed by atoms with Crippen LogP contribution in [0.4, 0.5) is 0 Å². The molecule has 1 aliphatic heterocycles. The number of rotatable bonds is 6. The smallest absolute Gasteiger partial charge is 0.255 e. The maximum atomic E-state index is 13.1. The molecule has 2 amide bonds. The van der Waals surface area contributed by atoms with E-state index in [-0.39, 0.29) is 35.1 Å². The number of methoxy groups -OCH3 is 1. The zero-order valence-corrected chi connectivity index (χ0v) is 15.7. The Morgan fingerprint density at radius 2 is 2.00 bits per heavy atom. The number of ether oxygens (including phenoxy) is 2. The highest BCUT2D eigenvalue weighted by atomic mass is 35.5. The fourth-order valence-electron chi connectivity index (χ4n) is 3.32. The number of carbonyl (C=O) groups is 2. The summed E-state index contributed by atoms with van der Waals surface area (Å²) in [7, 11) is 1.44. The van der Waals surface area contributed by atoms with Crippen LogP contribution in [0.15, 0.2) is 42.5 Å². The lowest BCUT2D eigenvalue weighted by molar-refractivity contribution is -0.119. The summed E-state index contributed by atoms with van der Waals surface area (Å²) in [5.74, 6) is -0.280. The summed E-state index contributed by atoms with van der Waals surface area (Å²) in [5.41, 5.74) is 6.63. The van der Waals surface area contributed by atoms with E-state index in [1.165, 1.54) is 13.2 Å². The largest absolute Gasteiger partial charge is 0.493 e. The van der Waals surface area contributed by atoms with E-state index in [2.05, 4.69) is 0 Å². The minimum atomic E-state index is -0.629. The van der Waals surface area contributed by atoms with Crippen LogP contribution in [0, 0.1) is 0 Å². The lowest BCUT2D eigenvalue weighted by Gasteiger charge is -2.25. The van der Waals surface area contributed by atoms with Crippen LogP contribution in [0.1, 0.15) is 34.8 Å². The predicted octanol–water partition coefficient (Wildman–Crippen LogP) is 3.19. The van der Waals surface area contributed by atoms with Gasteiger partial charge in [0.05, 0.1) is 18.2 Å². The average Bonchev–Trinajstić information content (AvgIpc) is 3.16. The number of benzene rings is 2. The first-order valence-corrected chi connectivity index (χ1v) is 9.03. The van der Waals surface area contributed by atoms with Gasteiger partial charge in [0.2, 0.25) is 0 Å². The van der Waals surface area contributed by atoms with Crippen molar-refractivity contribution in [3.05, 3.63) is 58.6 Å². The zero-order chi connectivity index (χ0) is 19.4. The molecule has 142 valence electrons. The molecule has 0 aromatic heterocycles. The van der Waals surface area contributed by atoms with Crippen molar-refractivity contribution in [1.29, 1.82) is 0 Å². The quantitative estimate of drug-likeness (QED) is 0.823. The SMILES string of the molecule is COc1cc(C(=O)N2CCCC2c2ccccc2)cc(Cl)c1OCC(N)=O. The van der Waals surface area contributed by atoms with Gasteiger partial charge in [-0.1, -0.05) is 41.9 Å². The maximum Gasteiger partial charge on any atom is 0.255 e. The first-order chi connectivity index (χ1) is 13.0. The van der Waals surface area contributed by atoms with E-state index in [9.17, 15) is 9.59 Å². The molecule has 1 heterocycles. The average molecular weight is 389 g/mol. The molecular weight excluding hydrogens is 368 g/mol. The highest BCUT2D eigenvalue weighted by molar-refractivity contribution is 6.32. The van der Waals surface area contributed by atoms with Gasteiger partial charge in [-0.2, -0.15) is 0 Å². The number of halogens is 1. The number of nitrogens with zero attached hydrogens (tertiary/aromatic N) is 1.